The predicted octanol–water partition coefficient (Wildman–Crippen LogP) is 9.70. The van der Waals surface area contributed by atoms with Crippen molar-refractivity contribution >= 4 is 26.2 Å². The SMILES string of the molecule is Br.CCCCCCCCCCC(c1ccccc1)C(P)(c1ccccc1)c1ccccc1. The van der Waals surface area contributed by atoms with E-state index >= 15 is 0 Å². The molecule has 0 aliphatic carbocycles. The van der Waals surface area contributed by atoms with Gasteiger partial charge in [-0.2, -0.15) is 0 Å². The van der Waals surface area contributed by atoms with Crippen LogP contribution in [0.5, 0.6) is 0 Å². The zero-order chi connectivity index (χ0) is 21.8. The van der Waals surface area contributed by atoms with Crippen molar-refractivity contribution in [1.29, 1.82) is 0 Å². The summed E-state index contributed by atoms with van der Waals surface area (Å²) in [6.07, 6.45) is 12.1. The maximum atomic E-state index is 3.28. The molecule has 172 valence electrons. The second-order valence-electron chi connectivity index (χ2n) is 8.83. The zero-order valence-electron chi connectivity index (χ0n) is 19.6. The van der Waals surface area contributed by atoms with E-state index in [1.165, 1.54) is 74.5 Å². The van der Waals surface area contributed by atoms with Crippen LogP contribution in [0.3, 0.4) is 0 Å². The summed E-state index contributed by atoms with van der Waals surface area (Å²) in [6, 6.07) is 33.3. The van der Waals surface area contributed by atoms with Gasteiger partial charge >= 0.3 is 0 Å². The Morgan fingerprint density at radius 2 is 1.00 bits per heavy atom. The van der Waals surface area contributed by atoms with Gasteiger partial charge in [-0.05, 0) is 23.1 Å². The molecule has 2 heteroatoms. The van der Waals surface area contributed by atoms with E-state index in [-0.39, 0.29) is 22.1 Å². The van der Waals surface area contributed by atoms with Gasteiger partial charge in [0.05, 0.1) is 0 Å². The van der Waals surface area contributed by atoms with Crippen LogP contribution in [0.4, 0.5) is 0 Å². The van der Waals surface area contributed by atoms with E-state index in [9.17, 15) is 0 Å². The molecule has 2 unspecified atom stereocenters. The minimum atomic E-state index is -0.134. The maximum Gasteiger partial charge on any atom is 0.0412 e. The summed E-state index contributed by atoms with van der Waals surface area (Å²) in [6.45, 7) is 2.29. The Morgan fingerprint density at radius 1 is 0.594 bits per heavy atom. The molecule has 3 aromatic rings. The summed E-state index contributed by atoms with van der Waals surface area (Å²) < 4.78 is 0. The van der Waals surface area contributed by atoms with Crippen LogP contribution in [-0.4, -0.2) is 0 Å². The standard InChI is InChI=1S/C30H39P.BrH/c1-2-3-4-5-6-7-8-18-25-29(26-19-12-9-13-20-26)30(31,27-21-14-10-15-22-27)28-23-16-11-17-24-28;/h9-17,19-24,29H,2-8,18,25,31H2,1H3;1H. The van der Waals surface area contributed by atoms with Crippen molar-refractivity contribution in [1.82, 2.24) is 0 Å². The first-order valence-electron chi connectivity index (χ1n) is 12.2. The topological polar surface area (TPSA) is 0 Å². The molecule has 0 spiro atoms. The smallest absolute Gasteiger partial charge is 0.0412 e. The fraction of sp³-hybridized carbons (Fsp3) is 0.400. The molecule has 0 heterocycles. The fourth-order valence-corrected chi connectivity index (χ4v) is 5.57. The van der Waals surface area contributed by atoms with Gasteiger partial charge in [-0.15, -0.1) is 26.2 Å². The van der Waals surface area contributed by atoms with Crippen molar-refractivity contribution in [3.63, 3.8) is 0 Å². The average Bonchev–Trinajstić information content (AvgIpc) is 2.84. The first kappa shape index (κ1) is 26.8. The second-order valence-corrected chi connectivity index (χ2v) is 9.74. The van der Waals surface area contributed by atoms with Crippen molar-refractivity contribution in [2.75, 3.05) is 0 Å². The van der Waals surface area contributed by atoms with Gasteiger partial charge in [-0.25, -0.2) is 0 Å². The molecule has 0 saturated heterocycles. The van der Waals surface area contributed by atoms with E-state index in [4.69, 9.17) is 0 Å². The van der Waals surface area contributed by atoms with Gasteiger partial charge in [-0.1, -0.05) is 149 Å². The highest BCUT2D eigenvalue weighted by Gasteiger charge is 2.38. The monoisotopic (exact) mass is 510 g/mol. The molecule has 0 aliphatic heterocycles. The third kappa shape index (κ3) is 7.29. The number of halogens is 1. The van der Waals surface area contributed by atoms with Gasteiger partial charge in [0.1, 0.15) is 0 Å². The van der Waals surface area contributed by atoms with Gasteiger partial charge < -0.3 is 0 Å². The number of unbranched alkanes of at least 4 members (excludes halogenated alkanes) is 7. The minimum Gasteiger partial charge on any atom is -0.121 e. The molecule has 3 aromatic carbocycles. The van der Waals surface area contributed by atoms with E-state index in [1.54, 1.807) is 0 Å². The summed E-state index contributed by atoms with van der Waals surface area (Å²) in [5.41, 5.74) is 4.19. The molecule has 0 N–H and O–H groups in total. The van der Waals surface area contributed by atoms with Crippen LogP contribution in [0.1, 0.15) is 87.3 Å². The highest BCUT2D eigenvalue weighted by Crippen LogP contribution is 2.51. The summed E-state index contributed by atoms with van der Waals surface area (Å²) in [4.78, 5) is 0. The molecule has 0 bridgehead atoms. The maximum absolute atomic E-state index is 3.28. The van der Waals surface area contributed by atoms with Crippen LogP contribution in [0.15, 0.2) is 91.0 Å². The lowest BCUT2D eigenvalue weighted by Gasteiger charge is -2.39. The van der Waals surface area contributed by atoms with Crippen molar-refractivity contribution in [3.8, 4) is 0 Å². The molecule has 0 fully saturated rings. The van der Waals surface area contributed by atoms with Crippen LogP contribution >= 0.6 is 26.2 Å². The molecular weight excluding hydrogens is 471 g/mol. The van der Waals surface area contributed by atoms with E-state index in [2.05, 4.69) is 107 Å². The second kappa shape index (κ2) is 14.7. The van der Waals surface area contributed by atoms with Gasteiger partial charge in [0, 0.05) is 11.1 Å². The number of hydrogen-bond acceptors (Lipinski definition) is 0. The van der Waals surface area contributed by atoms with Crippen molar-refractivity contribution < 1.29 is 0 Å². The molecule has 0 saturated carbocycles. The van der Waals surface area contributed by atoms with E-state index < -0.39 is 0 Å². The summed E-state index contributed by atoms with van der Waals surface area (Å²) in [5, 5.41) is -0.134. The number of rotatable bonds is 13. The Bertz CT molecular complexity index is 808. The highest BCUT2D eigenvalue weighted by atomic mass is 79.9. The molecular formula is C30H40BrP. The van der Waals surface area contributed by atoms with Crippen molar-refractivity contribution in [2.45, 2.75) is 75.8 Å². The summed E-state index contributed by atoms with van der Waals surface area (Å²) >= 11 is 0. The van der Waals surface area contributed by atoms with Crippen LogP contribution in [0.2, 0.25) is 0 Å². The first-order valence-corrected chi connectivity index (χ1v) is 12.8. The van der Waals surface area contributed by atoms with E-state index in [0.717, 1.165) is 0 Å². The molecule has 0 aliphatic rings. The lowest BCUT2D eigenvalue weighted by atomic mass is 9.74. The third-order valence-electron chi connectivity index (χ3n) is 6.60. The fourth-order valence-electron chi connectivity index (χ4n) is 4.82. The van der Waals surface area contributed by atoms with Gasteiger partial charge in [0.2, 0.25) is 0 Å². The quantitative estimate of drug-likeness (QED) is 0.158. The number of hydrogen-bond donors (Lipinski definition) is 0. The van der Waals surface area contributed by atoms with Crippen molar-refractivity contribution in [3.05, 3.63) is 108 Å². The Balaban J connectivity index is 0.00000363. The molecule has 2 atom stereocenters. The molecule has 0 nitrogen and oxygen atoms in total. The largest absolute Gasteiger partial charge is 0.121 e. The molecule has 0 aromatic heterocycles. The summed E-state index contributed by atoms with van der Waals surface area (Å²) in [7, 11) is 3.28. The highest BCUT2D eigenvalue weighted by molar-refractivity contribution is 8.93. The molecule has 0 amide bonds. The van der Waals surface area contributed by atoms with Crippen LogP contribution in [0.25, 0.3) is 0 Å². The van der Waals surface area contributed by atoms with Gasteiger partial charge in [-0.3, -0.25) is 0 Å². The summed E-state index contributed by atoms with van der Waals surface area (Å²) in [5.74, 6) is 0.420. The molecule has 32 heavy (non-hydrogen) atoms. The Labute approximate surface area is 209 Å². The van der Waals surface area contributed by atoms with Crippen molar-refractivity contribution in [2.24, 2.45) is 0 Å². The number of benzene rings is 3. The third-order valence-corrected chi connectivity index (χ3v) is 7.67. The Hall–Kier alpha value is -1.43. The Morgan fingerprint density at radius 3 is 1.47 bits per heavy atom. The minimum absolute atomic E-state index is 0. The zero-order valence-corrected chi connectivity index (χ0v) is 22.5. The van der Waals surface area contributed by atoms with Crippen LogP contribution < -0.4 is 0 Å². The Kier molecular flexibility index (Phi) is 12.3. The van der Waals surface area contributed by atoms with Gasteiger partial charge in [0.25, 0.3) is 0 Å². The lowest BCUT2D eigenvalue weighted by molar-refractivity contribution is 0.477. The first-order chi connectivity index (χ1) is 15.3. The average molecular weight is 512 g/mol. The predicted molar refractivity (Wildman–Crippen MR) is 150 cm³/mol. The normalized spacial score (nSPS) is 12.2. The molecule has 0 radical (unpaired) electrons. The van der Waals surface area contributed by atoms with Crippen LogP contribution in [0, 0.1) is 0 Å². The van der Waals surface area contributed by atoms with Gasteiger partial charge in [0.15, 0.2) is 0 Å². The van der Waals surface area contributed by atoms with Crippen LogP contribution in [-0.2, 0) is 5.16 Å². The molecule has 3 rings (SSSR count). The van der Waals surface area contributed by atoms with E-state index in [0.29, 0.717) is 5.92 Å². The van der Waals surface area contributed by atoms with E-state index in [1.807, 2.05) is 0 Å². The lowest BCUT2D eigenvalue weighted by Crippen LogP contribution is -2.29.